The summed E-state index contributed by atoms with van der Waals surface area (Å²) in [4.78, 5) is 42.2. The Bertz CT molecular complexity index is 1060. The highest BCUT2D eigenvalue weighted by Gasteiger charge is 2.44. The van der Waals surface area contributed by atoms with Crippen molar-refractivity contribution in [3.63, 3.8) is 0 Å². The molecule has 206 valence electrons. The van der Waals surface area contributed by atoms with Crippen molar-refractivity contribution < 1.29 is 24.2 Å². The Labute approximate surface area is 225 Å². The van der Waals surface area contributed by atoms with Gasteiger partial charge in [-0.05, 0) is 63.3 Å². The summed E-state index contributed by atoms with van der Waals surface area (Å²) in [5, 5.41) is 15.5. The zero-order valence-electron chi connectivity index (χ0n) is 22.9. The standard InChI is InChI=1S/C30H41N3O5/c1-5-6-10-19-31-27(35)26(22-11-8-7-9-12-22)33(23-15-16-23)28(36)25(32-29(37)38-30(2,3)4)20-21-13-17-24(34)18-14-21/h7-9,11-14,17-18,23,25-26,34H,5-6,10,15-16,19-20H2,1-4H3,(H,31,35)(H,32,37). The third kappa shape index (κ3) is 8.78. The van der Waals surface area contributed by atoms with Crippen LogP contribution in [0.3, 0.4) is 0 Å². The van der Waals surface area contributed by atoms with E-state index in [1.807, 2.05) is 30.3 Å². The smallest absolute Gasteiger partial charge is 0.408 e. The van der Waals surface area contributed by atoms with Crippen molar-refractivity contribution in [2.24, 2.45) is 0 Å². The SMILES string of the molecule is CCCCCNC(=O)C(c1ccccc1)N(C(=O)C(Cc1ccc(O)cc1)NC(=O)OC(C)(C)C)C1CC1. The molecule has 1 saturated carbocycles. The van der Waals surface area contributed by atoms with Gasteiger partial charge in [0, 0.05) is 19.0 Å². The molecule has 8 heteroatoms. The number of aromatic hydroxyl groups is 1. The molecule has 2 aromatic rings. The Morgan fingerprint density at radius 1 is 1.03 bits per heavy atom. The van der Waals surface area contributed by atoms with Crippen LogP contribution in [-0.4, -0.2) is 52.1 Å². The molecule has 0 spiro atoms. The monoisotopic (exact) mass is 523 g/mol. The highest BCUT2D eigenvalue weighted by Crippen LogP contribution is 2.36. The number of unbranched alkanes of at least 4 members (excludes halogenated alkanes) is 2. The fraction of sp³-hybridized carbons (Fsp3) is 0.500. The number of carbonyl (C=O) groups excluding carboxylic acids is 3. The summed E-state index contributed by atoms with van der Waals surface area (Å²) in [6, 6.07) is 13.9. The molecule has 0 heterocycles. The van der Waals surface area contributed by atoms with Crippen molar-refractivity contribution in [3.8, 4) is 5.75 Å². The molecule has 0 bridgehead atoms. The lowest BCUT2D eigenvalue weighted by Gasteiger charge is -2.34. The highest BCUT2D eigenvalue weighted by molar-refractivity contribution is 5.92. The first-order valence-electron chi connectivity index (χ1n) is 13.5. The molecule has 0 radical (unpaired) electrons. The molecule has 1 fully saturated rings. The number of carbonyl (C=O) groups is 3. The molecular weight excluding hydrogens is 482 g/mol. The van der Waals surface area contributed by atoms with Crippen molar-refractivity contribution in [3.05, 3.63) is 65.7 Å². The molecule has 8 nitrogen and oxygen atoms in total. The number of alkyl carbamates (subject to hydrolysis) is 1. The number of ether oxygens (including phenoxy) is 1. The van der Waals surface area contributed by atoms with Crippen molar-refractivity contribution in [2.45, 2.75) is 89.9 Å². The number of nitrogens with one attached hydrogen (secondary N) is 2. The lowest BCUT2D eigenvalue weighted by molar-refractivity contribution is -0.143. The van der Waals surface area contributed by atoms with Gasteiger partial charge in [-0.3, -0.25) is 9.59 Å². The van der Waals surface area contributed by atoms with E-state index in [0.717, 1.165) is 43.2 Å². The van der Waals surface area contributed by atoms with Gasteiger partial charge in [0.2, 0.25) is 11.8 Å². The average Bonchev–Trinajstić information content (AvgIpc) is 3.70. The van der Waals surface area contributed by atoms with Crippen molar-refractivity contribution in [1.29, 1.82) is 0 Å². The van der Waals surface area contributed by atoms with Crippen LogP contribution in [0.15, 0.2) is 54.6 Å². The number of phenols is 1. The molecule has 3 rings (SSSR count). The third-order valence-electron chi connectivity index (χ3n) is 6.28. The Kier molecular flexibility index (Phi) is 10.2. The molecule has 2 aromatic carbocycles. The van der Waals surface area contributed by atoms with Crippen LogP contribution in [0.2, 0.25) is 0 Å². The Hall–Kier alpha value is -3.55. The van der Waals surface area contributed by atoms with Gasteiger partial charge in [-0.15, -0.1) is 0 Å². The van der Waals surface area contributed by atoms with Crippen LogP contribution < -0.4 is 10.6 Å². The Morgan fingerprint density at radius 2 is 1.68 bits per heavy atom. The zero-order chi connectivity index (χ0) is 27.7. The van der Waals surface area contributed by atoms with Crippen molar-refractivity contribution >= 4 is 17.9 Å². The van der Waals surface area contributed by atoms with Gasteiger partial charge in [-0.2, -0.15) is 0 Å². The molecule has 1 aliphatic rings. The molecule has 2 unspecified atom stereocenters. The molecular formula is C30H41N3O5. The third-order valence-corrected chi connectivity index (χ3v) is 6.28. The average molecular weight is 524 g/mol. The number of amides is 3. The van der Waals surface area contributed by atoms with Gasteiger partial charge < -0.3 is 25.4 Å². The molecule has 0 aliphatic heterocycles. The number of phenolic OH excluding ortho intramolecular Hbond substituents is 1. The minimum absolute atomic E-state index is 0.100. The van der Waals surface area contributed by atoms with Crippen molar-refractivity contribution in [1.82, 2.24) is 15.5 Å². The minimum atomic E-state index is -0.964. The second-order valence-corrected chi connectivity index (χ2v) is 10.9. The summed E-state index contributed by atoms with van der Waals surface area (Å²) in [6.45, 7) is 7.92. The van der Waals surface area contributed by atoms with E-state index in [1.165, 1.54) is 0 Å². The van der Waals surface area contributed by atoms with E-state index in [9.17, 15) is 19.5 Å². The Morgan fingerprint density at radius 3 is 2.26 bits per heavy atom. The van der Waals surface area contributed by atoms with Gasteiger partial charge in [0.05, 0.1) is 0 Å². The van der Waals surface area contributed by atoms with Crippen LogP contribution in [0, 0.1) is 0 Å². The fourth-order valence-electron chi connectivity index (χ4n) is 4.33. The summed E-state index contributed by atoms with van der Waals surface area (Å²) in [5.41, 5.74) is 0.742. The van der Waals surface area contributed by atoms with Crippen LogP contribution >= 0.6 is 0 Å². The van der Waals surface area contributed by atoms with Crippen LogP contribution in [0.4, 0.5) is 4.79 Å². The molecule has 1 aliphatic carbocycles. The number of nitrogens with zero attached hydrogens (tertiary/aromatic N) is 1. The maximum absolute atomic E-state index is 14.2. The number of hydrogen-bond donors (Lipinski definition) is 3. The van der Waals surface area contributed by atoms with E-state index < -0.39 is 23.8 Å². The van der Waals surface area contributed by atoms with Gasteiger partial charge in [0.15, 0.2) is 0 Å². The van der Waals surface area contributed by atoms with E-state index in [0.29, 0.717) is 6.54 Å². The van der Waals surface area contributed by atoms with Crippen LogP contribution in [0.25, 0.3) is 0 Å². The summed E-state index contributed by atoms with van der Waals surface area (Å²) < 4.78 is 5.46. The summed E-state index contributed by atoms with van der Waals surface area (Å²) >= 11 is 0. The predicted octanol–water partition coefficient (Wildman–Crippen LogP) is 4.87. The van der Waals surface area contributed by atoms with Gasteiger partial charge in [0.25, 0.3) is 0 Å². The zero-order valence-corrected chi connectivity index (χ0v) is 22.9. The number of benzene rings is 2. The van der Waals surface area contributed by atoms with Gasteiger partial charge in [-0.25, -0.2) is 4.79 Å². The van der Waals surface area contributed by atoms with E-state index in [2.05, 4.69) is 17.6 Å². The topological polar surface area (TPSA) is 108 Å². The number of rotatable bonds is 12. The summed E-state index contributed by atoms with van der Waals surface area (Å²) in [7, 11) is 0. The largest absolute Gasteiger partial charge is 0.508 e. The number of hydrogen-bond acceptors (Lipinski definition) is 5. The predicted molar refractivity (Wildman–Crippen MR) is 147 cm³/mol. The summed E-state index contributed by atoms with van der Waals surface area (Å²) in [5.74, 6) is -0.461. The quantitative estimate of drug-likeness (QED) is 0.344. The molecule has 3 amide bonds. The molecule has 3 N–H and O–H groups in total. The Balaban J connectivity index is 1.93. The van der Waals surface area contributed by atoms with Gasteiger partial charge in [-0.1, -0.05) is 62.2 Å². The van der Waals surface area contributed by atoms with E-state index in [4.69, 9.17) is 4.74 Å². The summed E-state index contributed by atoms with van der Waals surface area (Å²) in [6.07, 6.45) is 3.97. The van der Waals surface area contributed by atoms with E-state index in [-0.39, 0.29) is 30.0 Å². The molecule has 38 heavy (non-hydrogen) atoms. The first-order chi connectivity index (χ1) is 18.1. The fourth-order valence-corrected chi connectivity index (χ4v) is 4.33. The van der Waals surface area contributed by atoms with E-state index in [1.54, 1.807) is 49.9 Å². The van der Waals surface area contributed by atoms with E-state index >= 15 is 0 Å². The van der Waals surface area contributed by atoms with Crippen LogP contribution in [-0.2, 0) is 20.7 Å². The first-order valence-corrected chi connectivity index (χ1v) is 13.5. The van der Waals surface area contributed by atoms with Crippen molar-refractivity contribution in [2.75, 3.05) is 6.54 Å². The lowest BCUT2D eigenvalue weighted by Crippen LogP contribution is -2.54. The maximum atomic E-state index is 14.2. The second kappa shape index (κ2) is 13.3. The molecule has 0 saturated heterocycles. The molecule has 0 aromatic heterocycles. The second-order valence-electron chi connectivity index (χ2n) is 10.9. The van der Waals surface area contributed by atoms with Gasteiger partial charge >= 0.3 is 6.09 Å². The molecule has 2 atom stereocenters. The normalized spacial score (nSPS) is 14.7. The van der Waals surface area contributed by atoms with Crippen LogP contribution in [0.1, 0.15) is 77.0 Å². The lowest BCUT2D eigenvalue weighted by atomic mass is 10.00. The van der Waals surface area contributed by atoms with Gasteiger partial charge in [0.1, 0.15) is 23.4 Å². The highest BCUT2D eigenvalue weighted by atomic mass is 16.6. The maximum Gasteiger partial charge on any atom is 0.408 e. The minimum Gasteiger partial charge on any atom is -0.508 e. The first kappa shape index (κ1) is 29.0. The van der Waals surface area contributed by atoms with Crippen LogP contribution in [0.5, 0.6) is 5.75 Å².